The summed E-state index contributed by atoms with van der Waals surface area (Å²) in [6.45, 7) is 10.5. The zero-order valence-electron chi connectivity index (χ0n) is 18.5. The molecule has 2 N–H and O–H groups in total. The van der Waals surface area contributed by atoms with Gasteiger partial charge in [0.25, 0.3) is 5.91 Å². The number of carbonyl (C=O) groups is 1. The van der Waals surface area contributed by atoms with Gasteiger partial charge in [-0.05, 0) is 58.4 Å². The Morgan fingerprint density at radius 1 is 1.03 bits per heavy atom. The van der Waals surface area contributed by atoms with Gasteiger partial charge in [-0.25, -0.2) is 4.99 Å². The number of hydrogen-bond donors (Lipinski definition) is 2. The molecule has 0 bridgehead atoms. The van der Waals surface area contributed by atoms with Crippen molar-refractivity contribution in [2.75, 3.05) is 5.32 Å². The van der Waals surface area contributed by atoms with Gasteiger partial charge in [0.1, 0.15) is 0 Å². The maximum atomic E-state index is 12.8. The second-order valence-corrected chi connectivity index (χ2v) is 7.70. The Labute approximate surface area is 178 Å². The normalized spacial score (nSPS) is 11.5. The number of carbonyl (C=O) groups excluding carboxylic acids is 1. The highest BCUT2D eigenvalue weighted by Crippen LogP contribution is 2.17. The van der Waals surface area contributed by atoms with Gasteiger partial charge in [0.05, 0.1) is 12.2 Å². The highest BCUT2D eigenvalue weighted by molar-refractivity contribution is 6.10. The zero-order valence-corrected chi connectivity index (χ0v) is 18.5. The fraction of sp³-hybridized carbons (Fsp3) is 0.292. The van der Waals surface area contributed by atoms with Crippen molar-refractivity contribution >= 4 is 17.6 Å². The van der Waals surface area contributed by atoms with Gasteiger partial charge < -0.3 is 5.32 Å². The molecule has 0 atom stereocenters. The minimum absolute atomic E-state index is 0.200. The topological polar surface area (TPSA) is 71.3 Å². The fourth-order valence-electron chi connectivity index (χ4n) is 3.36. The molecule has 3 rings (SSSR count). The van der Waals surface area contributed by atoms with Crippen molar-refractivity contribution in [3.63, 3.8) is 0 Å². The van der Waals surface area contributed by atoms with Crippen LogP contribution >= 0.6 is 0 Å². The van der Waals surface area contributed by atoms with Crippen LogP contribution in [0.4, 0.5) is 5.69 Å². The quantitative estimate of drug-likeness (QED) is 0.502. The van der Waals surface area contributed by atoms with Crippen molar-refractivity contribution in [1.29, 1.82) is 0 Å². The molecule has 0 spiro atoms. The van der Waals surface area contributed by atoms with E-state index in [-0.39, 0.29) is 5.91 Å². The molecular formula is C24H29N5O. The first-order valence-electron chi connectivity index (χ1n) is 10.0. The van der Waals surface area contributed by atoms with Gasteiger partial charge in [0.2, 0.25) is 5.96 Å². The molecule has 2 aromatic carbocycles. The van der Waals surface area contributed by atoms with Gasteiger partial charge in [-0.2, -0.15) is 5.10 Å². The first-order chi connectivity index (χ1) is 14.2. The molecule has 1 heterocycles. The van der Waals surface area contributed by atoms with Crippen molar-refractivity contribution in [3.8, 4) is 0 Å². The summed E-state index contributed by atoms with van der Waals surface area (Å²) in [5, 5.41) is 10.7. The lowest BCUT2D eigenvalue weighted by molar-refractivity contribution is 0.0977. The first kappa shape index (κ1) is 21.3. The summed E-state index contributed by atoms with van der Waals surface area (Å²) in [4.78, 5) is 17.5. The van der Waals surface area contributed by atoms with Gasteiger partial charge in [0.15, 0.2) is 0 Å². The largest absolute Gasteiger partial charge is 0.326 e. The molecule has 6 heteroatoms. The molecule has 30 heavy (non-hydrogen) atoms. The third kappa shape index (κ3) is 4.95. The molecule has 0 aliphatic heterocycles. The Morgan fingerprint density at radius 2 is 1.77 bits per heavy atom. The summed E-state index contributed by atoms with van der Waals surface area (Å²) in [6.07, 6.45) is 0. The van der Waals surface area contributed by atoms with Crippen LogP contribution in [0.5, 0.6) is 0 Å². The first-order valence-corrected chi connectivity index (χ1v) is 10.0. The van der Waals surface area contributed by atoms with Gasteiger partial charge in [-0.1, -0.05) is 35.4 Å². The summed E-state index contributed by atoms with van der Waals surface area (Å²) < 4.78 is 1.85. The lowest BCUT2D eigenvalue weighted by Gasteiger charge is -2.14. The van der Waals surface area contributed by atoms with Gasteiger partial charge in [-0.15, -0.1) is 0 Å². The Hall–Kier alpha value is -3.41. The van der Waals surface area contributed by atoms with E-state index in [1.807, 2.05) is 69.8 Å². The standard InChI is InChI=1S/C24H29N5O/c1-15-8-7-9-20(13-15)23(30)27-24(26-22-11-10-16(2)12-17(22)3)25-14-21-18(4)28-29(6)19(21)5/h7-13H,14H2,1-6H3,(H2,25,26,27,30). The predicted molar refractivity (Wildman–Crippen MR) is 122 cm³/mol. The van der Waals surface area contributed by atoms with Crippen molar-refractivity contribution < 1.29 is 4.79 Å². The molecule has 0 saturated heterocycles. The maximum absolute atomic E-state index is 12.8. The van der Waals surface area contributed by atoms with E-state index in [1.165, 1.54) is 5.56 Å². The Morgan fingerprint density at radius 3 is 2.40 bits per heavy atom. The number of aliphatic imine (C=N–C) groups is 1. The molecule has 0 radical (unpaired) electrons. The van der Waals surface area contributed by atoms with Crippen molar-refractivity contribution in [2.24, 2.45) is 12.0 Å². The van der Waals surface area contributed by atoms with E-state index in [0.29, 0.717) is 18.1 Å². The predicted octanol–water partition coefficient (Wildman–Crippen LogP) is 4.36. The van der Waals surface area contributed by atoms with Crippen molar-refractivity contribution in [1.82, 2.24) is 15.1 Å². The fourth-order valence-corrected chi connectivity index (χ4v) is 3.36. The molecule has 6 nitrogen and oxygen atoms in total. The number of hydrogen-bond acceptors (Lipinski definition) is 3. The highest BCUT2D eigenvalue weighted by Gasteiger charge is 2.13. The maximum Gasteiger partial charge on any atom is 0.257 e. The lowest BCUT2D eigenvalue weighted by Crippen LogP contribution is -2.36. The smallest absolute Gasteiger partial charge is 0.257 e. The molecule has 156 valence electrons. The van der Waals surface area contributed by atoms with Crippen LogP contribution in [-0.4, -0.2) is 21.6 Å². The average Bonchev–Trinajstić information content (AvgIpc) is 2.93. The van der Waals surface area contributed by atoms with E-state index in [0.717, 1.165) is 33.8 Å². The van der Waals surface area contributed by atoms with Gasteiger partial charge in [-0.3, -0.25) is 14.8 Å². The summed E-state index contributed by atoms with van der Waals surface area (Å²) >= 11 is 0. The second-order valence-electron chi connectivity index (χ2n) is 7.70. The van der Waals surface area contributed by atoms with Crippen LogP contribution in [0.3, 0.4) is 0 Å². The molecule has 0 unspecified atom stereocenters. The number of aryl methyl sites for hydroxylation is 5. The molecule has 3 aromatic rings. The minimum atomic E-state index is -0.200. The second kappa shape index (κ2) is 8.95. The highest BCUT2D eigenvalue weighted by atomic mass is 16.1. The Kier molecular flexibility index (Phi) is 6.35. The zero-order chi connectivity index (χ0) is 21.8. The van der Waals surface area contributed by atoms with Crippen LogP contribution in [0.15, 0.2) is 47.5 Å². The van der Waals surface area contributed by atoms with E-state index in [2.05, 4.69) is 28.7 Å². The van der Waals surface area contributed by atoms with Crippen LogP contribution in [0, 0.1) is 34.6 Å². The average molecular weight is 404 g/mol. The van der Waals surface area contributed by atoms with Crippen LogP contribution in [0.1, 0.15) is 44.0 Å². The number of rotatable bonds is 4. The Balaban J connectivity index is 1.90. The molecule has 0 aliphatic rings. The lowest BCUT2D eigenvalue weighted by atomic mass is 10.1. The third-order valence-corrected chi connectivity index (χ3v) is 5.20. The third-order valence-electron chi connectivity index (χ3n) is 5.20. The number of amides is 1. The van der Waals surface area contributed by atoms with Crippen molar-refractivity contribution in [3.05, 3.63) is 81.7 Å². The summed E-state index contributed by atoms with van der Waals surface area (Å²) in [7, 11) is 1.92. The molecule has 1 aromatic heterocycles. The molecule has 0 fully saturated rings. The Bertz CT molecular complexity index is 1110. The van der Waals surface area contributed by atoms with Crippen molar-refractivity contribution in [2.45, 2.75) is 41.2 Å². The number of benzene rings is 2. The van der Waals surface area contributed by atoms with Crippen LogP contribution in [-0.2, 0) is 13.6 Å². The summed E-state index contributed by atoms with van der Waals surface area (Å²) in [5.74, 6) is 0.213. The minimum Gasteiger partial charge on any atom is -0.326 e. The number of anilines is 1. The van der Waals surface area contributed by atoms with Crippen LogP contribution in [0.2, 0.25) is 0 Å². The number of guanidine groups is 1. The van der Waals surface area contributed by atoms with E-state index < -0.39 is 0 Å². The molecule has 0 aliphatic carbocycles. The number of aromatic nitrogens is 2. The van der Waals surface area contributed by atoms with Gasteiger partial charge in [0, 0.05) is 29.6 Å². The number of nitrogens with one attached hydrogen (secondary N) is 2. The monoisotopic (exact) mass is 403 g/mol. The van der Waals surface area contributed by atoms with E-state index >= 15 is 0 Å². The van der Waals surface area contributed by atoms with E-state index in [1.54, 1.807) is 6.07 Å². The van der Waals surface area contributed by atoms with E-state index in [4.69, 9.17) is 4.99 Å². The molecular weight excluding hydrogens is 374 g/mol. The number of nitrogens with zero attached hydrogens (tertiary/aromatic N) is 3. The van der Waals surface area contributed by atoms with Gasteiger partial charge >= 0.3 is 0 Å². The molecule has 0 saturated carbocycles. The van der Waals surface area contributed by atoms with Crippen LogP contribution < -0.4 is 10.6 Å². The van der Waals surface area contributed by atoms with E-state index in [9.17, 15) is 4.79 Å². The summed E-state index contributed by atoms with van der Waals surface area (Å²) in [5.41, 5.74) is 7.86. The molecule has 1 amide bonds. The van der Waals surface area contributed by atoms with Crippen LogP contribution in [0.25, 0.3) is 0 Å². The SMILES string of the molecule is Cc1cccc(C(=O)NC(=NCc2c(C)nn(C)c2C)Nc2ccc(C)cc2C)c1. The summed E-state index contributed by atoms with van der Waals surface area (Å²) in [6, 6.07) is 13.6.